The normalized spacial score (nSPS) is 20.4. The summed E-state index contributed by atoms with van der Waals surface area (Å²) in [7, 11) is 3.00. The lowest BCUT2D eigenvalue weighted by Crippen LogP contribution is -2.49. The molecular formula is C17H23NO6. The van der Waals surface area contributed by atoms with Crippen LogP contribution in [0.1, 0.15) is 24.2 Å². The maximum absolute atomic E-state index is 12.2. The number of esters is 1. The Labute approximate surface area is 141 Å². The molecule has 0 spiro atoms. The van der Waals surface area contributed by atoms with E-state index in [2.05, 4.69) is 0 Å². The number of benzene rings is 1. The maximum Gasteiger partial charge on any atom is 0.338 e. The van der Waals surface area contributed by atoms with Crippen molar-refractivity contribution in [2.75, 3.05) is 33.9 Å². The molecule has 1 aliphatic rings. The molecule has 1 aromatic rings. The van der Waals surface area contributed by atoms with Gasteiger partial charge in [0.25, 0.3) is 5.91 Å². The summed E-state index contributed by atoms with van der Waals surface area (Å²) >= 11 is 0. The van der Waals surface area contributed by atoms with Crippen LogP contribution in [0, 0.1) is 0 Å². The Hall–Kier alpha value is -2.28. The molecule has 0 N–H and O–H groups in total. The van der Waals surface area contributed by atoms with Crippen LogP contribution in [0.3, 0.4) is 0 Å². The minimum absolute atomic E-state index is 0.0285. The average molecular weight is 337 g/mol. The first-order valence-corrected chi connectivity index (χ1v) is 7.77. The molecule has 24 heavy (non-hydrogen) atoms. The Morgan fingerprint density at radius 1 is 1.12 bits per heavy atom. The quantitative estimate of drug-likeness (QED) is 0.758. The van der Waals surface area contributed by atoms with E-state index in [1.54, 1.807) is 17.0 Å². The molecule has 0 unspecified atom stereocenters. The average Bonchev–Trinajstić information content (AvgIpc) is 2.57. The first kappa shape index (κ1) is 18.1. The molecule has 0 saturated carbocycles. The topological polar surface area (TPSA) is 74.3 Å². The minimum atomic E-state index is -0.585. The molecular weight excluding hydrogens is 314 g/mol. The van der Waals surface area contributed by atoms with Crippen LogP contribution in [-0.4, -0.2) is 62.9 Å². The van der Waals surface area contributed by atoms with Gasteiger partial charge in [-0.2, -0.15) is 0 Å². The number of ether oxygens (including phenoxy) is 4. The fraction of sp³-hybridized carbons (Fsp3) is 0.529. The van der Waals surface area contributed by atoms with Crippen molar-refractivity contribution in [1.29, 1.82) is 0 Å². The Morgan fingerprint density at radius 2 is 1.75 bits per heavy atom. The fourth-order valence-corrected chi connectivity index (χ4v) is 2.65. The number of rotatable bonds is 5. The van der Waals surface area contributed by atoms with E-state index in [4.69, 9.17) is 18.9 Å². The summed E-state index contributed by atoms with van der Waals surface area (Å²) in [6.45, 7) is 4.51. The molecule has 7 heteroatoms. The summed E-state index contributed by atoms with van der Waals surface area (Å²) in [5.74, 6) is 0.125. The van der Waals surface area contributed by atoms with E-state index in [-0.39, 0.29) is 24.7 Å². The Balaban J connectivity index is 1.94. The Kier molecular flexibility index (Phi) is 6.03. The molecule has 1 heterocycles. The van der Waals surface area contributed by atoms with Crippen LogP contribution < -0.4 is 9.47 Å². The zero-order chi connectivity index (χ0) is 17.7. The third kappa shape index (κ3) is 4.38. The van der Waals surface area contributed by atoms with E-state index < -0.39 is 5.97 Å². The number of amides is 1. The lowest BCUT2D eigenvalue weighted by molar-refractivity contribution is -0.146. The first-order valence-electron chi connectivity index (χ1n) is 7.77. The summed E-state index contributed by atoms with van der Waals surface area (Å²) in [6.07, 6.45) is -0.0569. The molecule has 0 aromatic heterocycles. The molecule has 0 aliphatic carbocycles. The van der Waals surface area contributed by atoms with Gasteiger partial charge in [0.05, 0.1) is 32.0 Å². The van der Waals surface area contributed by atoms with Crippen LogP contribution in [-0.2, 0) is 14.3 Å². The predicted molar refractivity (Wildman–Crippen MR) is 86.4 cm³/mol. The van der Waals surface area contributed by atoms with Crippen molar-refractivity contribution >= 4 is 11.9 Å². The second-order valence-corrected chi connectivity index (χ2v) is 5.70. The van der Waals surface area contributed by atoms with Crippen molar-refractivity contribution in [2.24, 2.45) is 0 Å². The van der Waals surface area contributed by atoms with Gasteiger partial charge in [0.2, 0.25) is 0 Å². The number of carbonyl (C=O) groups excluding carboxylic acids is 2. The summed E-state index contributed by atoms with van der Waals surface area (Å²) in [5.41, 5.74) is 0.296. The van der Waals surface area contributed by atoms with Gasteiger partial charge >= 0.3 is 5.97 Å². The van der Waals surface area contributed by atoms with Crippen LogP contribution in [0.15, 0.2) is 18.2 Å². The molecule has 7 nitrogen and oxygen atoms in total. The molecule has 1 amide bonds. The molecule has 1 saturated heterocycles. The number of methoxy groups -OCH3 is 2. The van der Waals surface area contributed by atoms with E-state index in [0.717, 1.165) is 0 Å². The number of hydrogen-bond acceptors (Lipinski definition) is 6. The van der Waals surface area contributed by atoms with Crippen molar-refractivity contribution in [3.8, 4) is 11.5 Å². The van der Waals surface area contributed by atoms with Crippen LogP contribution >= 0.6 is 0 Å². The number of hydrogen-bond donors (Lipinski definition) is 0. The largest absolute Gasteiger partial charge is 0.493 e. The van der Waals surface area contributed by atoms with Crippen molar-refractivity contribution in [1.82, 2.24) is 4.90 Å². The molecule has 132 valence electrons. The highest BCUT2D eigenvalue weighted by molar-refractivity contribution is 5.92. The summed E-state index contributed by atoms with van der Waals surface area (Å²) in [4.78, 5) is 26.0. The summed E-state index contributed by atoms with van der Waals surface area (Å²) < 4.78 is 21.0. The second-order valence-electron chi connectivity index (χ2n) is 5.70. The smallest absolute Gasteiger partial charge is 0.338 e. The molecule has 2 atom stereocenters. The summed E-state index contributed by atoms with van der Waals surface area (Å²) in [5, 5.41) is 0. The van der Waals surface area contributed by atoms with Gasteiger partial charge in [0.15, 0.2) is 18.1 Å². The van der Waals surface area contributed by atoms with Crippen molar-refractivity contribution < 1.29 is 28.5 Å². The van der Waals surface area contributed by atoms with Crippen LogP contribution in [0.2, 0.25) is 0 Å². The number of morpholine rings is 1. The molecule has 1 fully saturated rings. The molecule has 0 radical (unpaired) electrons. The van der Waals surface area contributed by atoms with Gasteiger partial charge in [-0.3, -0.25) is 4.79 Å². The van der Waals surface area contributed by atoms with Gasteiger partial charge in [-0.1, -0.05) is 0 Å². The van der Waals surface area contributed by atoms with E-state index in [9.17, 15) is 9.59 Å². The standard InChI is InChI=1S/C17H23NO6/c1-11-8-18(9-12(2)24-11)16(19)10-23-17(20)13-5-6-14(21-3)15(7-13)22-4/h5-7,11-12H,8-10H2,1-4H3/t11-,12-/m1/s1. The summed E-state index contributed by atoms with van der Waals surface area (Å²) in [6, 6.07) is 4.69. The highest BCUT2D eigenvalue weighted by Gasteiger charge is 2.26. The number of carbonyl (C=O) groups is 2. The Morgan fingerprint density at radius 3 is 2.33 bits per heavy atom. The highest BCUT2D eigenvalue weighted by Crippen LogP contribution is 2.27. The predicted octanol–water partition coefficient (Wildman–Crippen LogP) is 1.50. The Bertz CT molecular complexity index is 593. The fourth-order valence-electron chi connectivity index (χ4n) is 2.65. The third-order valence-corrected chi connectivity index (χ3v) is 3.72. The zero-order valence-corrected chi connectivity index (χ0v) is 14.4. The van der Waals surface area contributed by atoms with Gasteiger partial charge in [-0.25, -0.2) is 4.79 Å². The van der Waals surface area contributed by atoms with Gasteiger partial charge in [0.1, 0.15) is 0 Å². The molecule has 0 bridgehead atoms. The molecule has 1 aliphatic heterocycles. The van der Waals surface area contributed by atoms with Gasteiger partial charge in [0, 0.05) is 13.1 Å². The second kappa shape index (κ2) is 8.01. The lowest BCUT2D eigenvalue weighted by Gasteiger charge is -2.35. The highest BCUT2D eigenvalue weighted by atomic mass is 16.5. The van der Waals surface area contributed by atoms with Crippen molar-refractivity contribution in [2.45, 2.75) is 26.1 Å². The van der Waals surface area contributed by atoms with E-state index >= 15 is 0 Å². The molecule has 2 rings (SSSR count). The van der Waals surface area contributed by atoms with Gasteiger partial charge < -0.3 is 23.8 Å². The van der Waals surface area contributed by atoms with E-state index in [1.165, 1.54) is 20.3 Å². The monoisotopic (exact) mass is 337 g/mol. The van der Waals surface area contributed by atoms with Crippen LogP contribution in [0.25, 0.3) is 0 Å². The van der Waals surface area contributed by atoms with Crippen LogP contribution in [0.5, 0.6) is 11.5 Å². The third-order valence-electron chi connectivity index (χ3n) is 3.72. The van der Waals surface area contributed by atoms with Gasteiger partial charge in [-0.15, -0.1) is 0 Å². The van der Waals surface area contributed by atoms with Crippen LogP contribution in [0.4, 0.5) is 0 Å². The zero-order valence-electron chi connectivity index (χ0n) is 14.4. The van der Waals surface area contributed by atoms with Crippen molar-refractivity contribution in [3.63, 3.8) is 0 Å². The van der Waals surface area contributed by atoms with Gasteiger partial charge in [-0.05, 0) is 32.0 Å². The SMILES string of the molecule is COc1ccc(C(=O)OCC(=O)N2C[C@@H](C)O[C@H](C)C2)cc1OC. The lowest BCUT2D eigenvalue weighted by atomic mass is 10.2. The van der Waals surface area contributed by atoms with Crippen molar-refractivity contribution in [3.05, 3.63) is 23.8 Å². The van der Waals surface area contributed by atoms with E-state index in [1.807, 2.05) is 13.8 Å². The number of nitrogens with zero attached hydrogens (tertiary/aromatic N) is 1. The maximum atomic E-state index is 12.2. The minimum Gasteiger partial charge on any atom is -0.493 e. The molecule has 1 aromatic carbocycles. The first-order chi connectivity index (χ1) is 11.4. The van der Waals surface area contributed by atoms with E-state index in [0.29, 0.717) is 30.2 Å².